The topological polar surface area (TPSA) is 48.3 Å². The van der Waals surface area contributed by atoms with Gasteiger partial charge in [0.25, 0.3) is 0 Å². The highest BCUT2D eigenvalue weighted by Gasteiger charge is 2.08. The number of nitrogens with zero attached hydrogens (tertiary/aromatic N) is 2. The highest BCUT2D eigenvalue weighted by molar-refractivity contribution is 5.31. The van der Waals surface area contributed by atoms with E-state index in [2.05, 4.69) is 24.3 Å². The van der Waals surface area contributed by atoms with Gasteiger partial charge < -0.3 is 14.8 Å². The molecule has 18 heavy (non-hydrogen) atoms. The van der Waals surface area contributed by atoms with Crippen LogP contribution in [0.2, 0.25) is 0 Å². The van der Waals surface area contributed by atoms with Crippen molar-refractivity contribution in [1.29, 1.82) is 0 Å². The Bertz CT molecular complexity index is 320. The third-order valence-corrected chi connectivity index (χ3v) is 2.53. The van der Waals surface area contributed by atoms with Crippen LogP contribution in [0.5, 0.6) is 0 Å². The molecule has 0 aliphatic rings. The van der Waals surface area contributed by atoms with Gasteiger partial charge in [0.15, 0.2) is 6.29 Å². The average molecular weight is 255 g/mol. The fourth-order valence-corrected chi connectivity index (χ4v) is 1.62. The molecule has 1 aromatic heterocycles. The molecule has 0 atom stereocenters. The molecule has 0 saturated heterocycles. The molecule has 0 amide bonds. The van der Waals surface area contributed by atoms with Gasteiger partial charge in [-0.15, -0.1) is 0 Å². The minimum atomic E-state index is -0.125. The molecule has 1 aromatic rings. The van der Waals surface area contributed by atoms with Crippen molar-refractivity contribution in [3.8, 4) is 0 Å². The largest absolute Gasteiger partial charge is 0.368 e. The minimum absolute atomic E-state index is 0.125. The molecular weight excluding hydrogens is 230 g/mol. The summed E-state index contributed by atoms with van der Waals surface area (Å²) in [6.45, 7) is 10.3. The first-order valence-electron chi connectivity index (χ1n) is 6.69. The lowest BCUT2D eigenvalue weighted by Crippen LogP contribution is -2.21. The average Bonchev–Trinajstić information content (AvgIpc) is 2.78. The predicted octanol–water partition coefficient (Wildman–Crippen LogP) is 2.67. The van der Waals surface area contributed by atoms with Crippen LogP contribution in [-0.2, 0) is 9.47 Å². The van der Waals surface area contributed by atoms with Crippen LogP contribution in [0.4, 0.5) is 5.82 Å². The van der Waals surface area contributed by atoms with Crippen LogP contribution < -0.4 is 5.32 Å². The maximum atomic E-state index is 5.48. The first-order chi connectivity index (χ1) is 8.67. The van der Waals surface area contributed by atoms with Crippen molar-refractivity contribution in [2.45, 2.75) is 46.4 Å². The summed E-state index contributed by atoms with van der Waals surface area (Å²) < 4.78 is 12.9. The second-order valence-corrected chi connectivity index (χ2v) is 4.33. The number of ether oxygens (including phenoxy) is 2. The quantitative estimate of drug-likeness (QED) is 0.689. The fraction of sp³-hybridized carbons (Fsp3) is 0.769. The van der Waals surface area contributed by atoms with E-state index in [0.29, 0.717) is 19.3 Å². The second kappa shape index (κ2) is 8.11. The lowest BCUT2D eigenvalue weighted by Gasteiger charge is -2.16. The standard InChI is InChI=1S/C13H25N3O2/c1-5-17-13(18-6-2)7-9-14-12-8-10-16(15-12)11(3)4/h8,10-11,13H,5-7,9H2,1-4H3,(H,14,15). The van der Waals surface area contributed by atoms with Crippen molar-refractivity contribution in [3.05, 3.63) is 12.3 Å². The van der Waals surface area contributed by atoms with E-state index in [0.717, 1.165) is 18.8 Å². The van der Waals surface area contributed by atoms with Crippen LogP contribution in [0, 0.1) is 0 Å². The normalized spacial score (nSPS) is 11.4. The van der Waals surface area contributed by atoms with Crippen LogP contribution in [0.25, 0.3) is 0 Å². The third kappa shape index (κ3) is 5.06. The molecule has 0 aliphatic carbocycles. The molecule has 0 aromatic carbocycles. The van der Waals surface area contributed by atoms with Crippen molar-refractivity contribution < 1.29 is 9.47 Å². The molecule has 5 heteroatoms. The zero-order valence-electron chi connectivity index (χ0n) is 11.8. The predicted molar refractivity (Wildman–Crippen MR) is 72.8 cm³/mol. The summed E-state index contributed by atoms with van der Waals surface area (Å²) in [5, 5.41) is 7.70. The monoisotopic (exact) mass is 255 g/mol. The van der Waals surface area contributed by atoms with E-state index in [1.54, 1.807) is 0 Å². The zero-order chi connectivity index (χ0) is 13.4. The Morgan fingerprint density at radius 3 is 2.44 bits per heavy atom. The van der Waals surface area contributed by atoms with Gasteiger partial charge >= 0.3 is 0 Å². The molecule has 0 radical (unpaired) electrons. The molecule has 0 fully saturated rings. The molecule has 1 heterocycles. The second-order valence-electron chi connectivity index (χ2n) is 4.33. The van der Waals surface area contributed by atoms with E-state index in [9.17, 15) is 0 Å². The summed E-state index contributed by atoms with van der Waals surface area (Å²) in [5.74, 6) is 0.899. The van der Waals surface area contributed by atoms with Gasteiger partial charge in [-0.2, -0.15) is 5.10 Å². The van der Waals surface area contributed by atoms with Crippen molar-refractivity contribution in [3.63, 3.8) is 0 Å². The van der Waals surface area contributed by atoms with Crippen LogP contribution in [0.3, 0.4) is 0 Å². The number of hydrogen-bond donors (Lipinski definition) is 1. The Morgan fingerprint density at radius 1 is 1.28 bits per heavy atom. The van der Waals surface area contributed by atoms with E-state index in [1.807, 2.05) is 30.8 Å². The molecule has 0 aliphatic heterocycles. The molecule has 1 rings (SSSR count). The van der Waals surface area contributed by atoms with Crippen LogP contribution in [-0.4, -0.2) is 35.8 Å². The highest BCUT2D eigenvalue weighted by atomic mass is 16.7. The van der Waals surface area contributed by atoms with Crippen LogP contribution >= 0.6 is 0 Å². The smallest absolute Gasteiger partial charge is 0.159 e. The number of nitrogens with one attached hydrogen (secondary N) is 1. The van der Waals surface area contributed by atoms with Gasteiger partial charge in [0.2, 0.25) is 0 Å². The molecule has 0 bridgehead atoms. The number of anilines is 1. The third-order valence-electron chi connectivity index (χ3n) is 2.53. The Hall–Kier alpha value is -1.07. The van der Waals surface area contributed by atoms with Gasteiger partial charge in [-0.05, 0) is 27.7 Å². The van der Waals surface area contributed by atoms with Gasteiger partial charge in [0.1, 0.15) is 5.82 Å². The summed E-state index contributed by atoms with van der Waals surface area (Å²) in [7, 11) is 0. The maximum absolute atomic E-state index is 5.48. The van der Waals surface area contributed by atoms with E-state index >= 15 is 0 Å². The minimum Gasteiger partial charge on any atom is -0.368 e. The Morgan fingerprint density at radius 2 is 1.94 bits per heavy atom. The first kappa shape index (κ1) is 15.0. The molecule has 5 nitrogen and oxygen atoms in total. The highest BCUT2D eigenvalue weighted by Crippen LogP contribution is 2.09. The van der Waals surface area contributed by atoms with Crippen molar-refractivity contribution in [1.82, 2.24) is 9.78 Å². The van der Waals surface area contributed by atoms with E-state index < -0.39 is 0 Å². The Balaban J connectivity index is 2.30. The number of rotatable bonds is 9. The van der Waals surface area contributed by atoms with Gasteiger partial charge in [-0.1, -0.05) is 0 Å². The lowest BCUT2D eigenvalue weighted by atomic mass is 10.4. The molecule has 104 valence electrons. The Labute approximate surface area is 109 Å². The fourth-order valence-electron chi connectivity index (χ4n) is 1.62. The van der Waals surface area contributed by atoms with Crippen LogP contribution in [0.1, 0.15) is 40.2 Å². The lowest BCUT2D eigenvalue weighted by molar-refractivity contribution is -0.137. The van der Waals surface area contributed by atoms with E-state index in [-0.39, 0.29) is 6.29 Å². The zero-order valence-corrected chi connectivity index (χ0v) is 11.8. The summed E-state index contributed by atoms with van der Waals surface area (Å²) in [6, 6.07) is 2.37. The summed E-state index contributed by atoms with van der Waals surface area (Å²) in [5.41, 5.74) is 0. The maximum Gasteiger partial charge on any atom is 0.159 e. The number of hydrogen-bond acceptors (Lipinski definition) is 4. The molecular formula is C13H25N3O2. The van der Waals surface area contributed by atoms with Gasteiger partial charge in [0.05, 0.1) is 0 Å². The molecule has 0 spiro atoms. The first-order valence-corrected chi connectivity index (χ1v) is 6.69. The van der Waals surface area contributed by atoms with E-state index in [1.165, 1.54) is 0 Å². The summed E-state index contributed by atoms with van der Waals surface area (Å²) in [6.07, 6.45) is 2.67. The number of aromatic nitrogens is 2. The van der Waals surface area contributed by atoms with Crippen molar-refractivity contribution in [2.24, 2.45) is 0 Å². The van der Waals surface area contributed by atoms with Crippen LogP contribution in [0.15, 0.2) is 12.3 Å². The molecule has 0 saturated carbocycles. The van der Waals surface area contributed by atoms with Crippen molar-refractivity contribution >= 4 is 5.82 Å². The van der Waals surface area contributed by atoms with E-state index in [4.69, 9.17) is 9.47 Å². The van der Waals surface area contributed by atoms with Gasteiger partial charge in [-0.3, -0.25) is 4.68 Å². The SMILES string of the molecule is CCOC(CCNc1ccn(C(C)C)n1)OCC. The van der Waals surface area contributed by atoms with Crippen molar-refractivity contribution in [2.75, 3.05) is 25.1 Å². The summed E-state index contributed by atoms with van der Waals surface area (Å²) >= 11 is 0. The molecule has 1 N–H and O–H groups in total. The Kier molecular flexibility index (Phi) is 6.75. The van der Waals surface area contributed by atoms with Gasteiger partial charge in [-0.25, -0.2) is 0 Å². The van der Waals surface area contributed by atoms with Gasteiger partial charge in [0, 0.05) is 44.5 Å². The summed E-state index contributed by atoms with van der Waals surface area (Å²) in [4.78, 5) is 0. The molecule has 0 unspecified atom stereocenters.